The van der Waals surface area contributed by atoms with Crippen LogP contribution in [0.4, 0.5) is 10.1 Å². The van der Waals surface area contributed by atoms with Gasteiger partial charge in [0.15, 0.2) is 6.10 Å². The molecule has 3 N–H and O–H groups in total. The minimum atomic E-state index is -4.16. The minimum absolute atomic E-state index is 0.0527. The van der Waals surface area contributed by atoms with E-state index >= 15 is 0 Å². The predicted octanol–water partition coefficient (Wildman–Crippen LogP) is 2.32. The zero-order chi connectivity index (χ0) is 21.1. The monoisotopic (exact) mass is 430 g/mol. The molecule has 0 fully saturated rings. The van der Waals surface area contributed by atoms with Crippen molar-refractivity contribution in [3.63, 3.8) is 0 Å². The highest BCUT2D eigenvalue weighted by Crippen LogP contribution is 2.24. The van der Waals surface area contributed by atoms with E-state index in [0.29, 0.717) is 0 Å². The summed E-state index contributed by atoms with van der Waals surface area (Å²) in [7, 11) is -2.92. The Kier molecular flexibility index (Phi) is 6.60. The SMILES string of the molecule is COc1ccc(C(=O)OC(C)C(=O)Nc2ccc(Cl)cc2F)cc1S(N)(=O)=O. The lowest BCUT2D eigenvalue weighted by Gasteiger charge is -2.15. The second-order valence-corrected chi connectivity index (χ2v) is 7.54. The highest BCUT2D eigenvalue weighted by atomic mass is 35.5. The molecule has 0 bridgehead atoms. The fraction of sp³-hybridized carbons (Fsp3) is 0.176. The Labute approximate surface area is 165 Å². The van der Waals surface area contributed by atoms with Crippen molar-refractivity contribution in [1.29, 1.82) is 0 Å². The number of sulfonamides is 1. The number of nitrogens with one attached hydrogen (secondary N) is 1. The summed E-state index contributed by atoms with van der Waals surface area (Å²) in [5, 5.41) is 7.51. The fourth-order valence-corrected chi connectivity index (χ4v) is 3.02. The molecule has 0 spiro atoms. The Balaban J connectivity index is 2.14. The van der Waals surface area contributed by atoms with Gasteiger partial charge in [0.25, 0.3) is 5.91 Å². The number of hydrogen-bond donors (Lipinski definition) is 2. The molecule has 1 unspecified atom stereocenters. The number of carbonyl (C=O) groups is 2. The van der Waals surface area contributed by atoms with Gasteiger partial charge in [-0.1, -0.05) is 11.6 Å². The quantitative estimate of drug-likeness (QED) is 0.677. The number of carbonyl (C=O) groups excluding carboxylic acids is 2. The van der Waals surface area contributed by atoms with Crippen LogP contribution in [0.3, 0.4) is 0 Å². The zero-order valence-electron chi connectivity index (χ0n) is 14.7. The Morgan fingerprint density at radius 1 is 1.21 bits per heavy atom. The Morgan fingerprint density at radius 3 is 2.46 bits per heavy atom. The Bertz CT molecular complexity index is 1030. The van der Waals surface area contributed by atoms with Gasteiger partial charge >= 0.3 is 5.97 Å². The van der Waals surface area contributed by atoms with Gasteiger partial charge in [-0.15, -0.1) is 0 Å². The smallest absolute Gasteiger partial charge is 0.338 e. The van der Waals surface area contributed by atoms with Crippen molar-refractivity contribution in [3.05, 3.63) is 52.8 Å². The molecule has 2 rings (SSSR count). The van der Waals surface area contributed by atoms with Crippen LogP contribution in [0.25, 0.3) is 0 Å². The lowest BCUT2D eigenvalue weighted by atomic mass is 10.2. The summed E-state index contributed by atoms with van der Waals surface area (Å²) in [6.07, 6.45) is -1.30. The lowest BCUT2D eigenvalue weighted by molar-refractivity contribution is -0.123. The van der Waals surface area contributed by atoms with Crippen molar-refractivity contribution in [2.75, 3.05) is 12.4 Å². The van der Waals surface area contributed by atoms with E-state index in [0.717, 1.165) is 12.1 Å². The van der Waals surface area contributed by atoms with Crippen molar-refractivity contribution in [1.82, 2.24) is 0 Å². The molecule has 1 atom stereocenters. The van der Waals surface area contributed by atoms with Gasteiger partial charge in [0.05, 0.1) is 18.4 Å². The first-order valence-electron chi connectivity index (χ1n) is 7.70. The maximum Gasteiger partial charge on any atom is 0.338 e. The number of methoxy groups -OCH3 is 1. The van der Waals surface area contributed by atoms with Crippen LogP contribution in [-0.4, -0.2) is 33.5 Å². The van der Waals surface area contributed by atoms with Gasteiger partial charge in [0.1, 0.15) is 16.5 Å². The van der Waals surface area contributed by atoms with E-state index in [1.807, 2.05) is 0 Å². The topological polar surface area (TPSA) is 125 Å². The number of rotatable bonds is 6. The second-order valence-electron chi connectivity index (χ2n) is 5.57. The van der Waals surface area contributed by atoms with Crippen LogP contribution in [0, 0.1) is 5.82 Å². The fourth-order valence-electron chi connectivity index (χ4n) is 2.13. The van der Waals surface area contributed by atoms with Crippen LogP contribution in [-0.2, 0) is 19.6 Å². The third-order valence-corrected chi connectivity index (χ3v) is 4.72. The summed E-state index contributed by atoms with van der Waals surface area (Å²) in [6.45, 7) is 1.27. The molecular weight excluding hydrogens is 415 g/mol. The molecule has 0 saturated heterocycles. The van der Waals surface area contributed by atoms with Gasteiger partial charge in [-0.2, -0.15) is 0 Å². The standard InChI is InChI=1S/C17H16ClFN2O6S/c1-9(16(22)21-13-5-4-11(18)8-12(13)19)27-17(23)10-3-6-14(26-2)15(7-10)28(20,24)25/h3-9H,1-2H3,(H,21,22)(H2,20,24,25). The highest BCUT2D eigenvalue weighted by Gasteiger charge is 2.23. The molecule has 11 heteroatoms. The number of primary sulfonamides is 1. The average Bonchev–Trinajstić information content (AvgIpc) is 2.62. The van der Waals surface area contributed by atoms with E-state index in [-0.39, 0.29) is 22.0 Å². The molecular formula is C17H16ClFN2O6S. The summed E-state index contributed by atoms with van der Waals surface area (Å²) in [5.74, 6) is -2.59. The normalized spacial score (nSPS) is 12.2. The van der Waals surface area contributed by atoms with Gasteiger partial charge < -0.3 is 14.8 Å². The molecule has 28 heavy (non-hydrogen) atoms. The first-order valence-corrected chi connectivity index (χ1v) is 9.63. The van der Waals surface area contributed by atoms with Crippen LogP contribution in [0.5, 0.6) is 5.75 Å². The van der Waals surface area contributed by atoms with Gasteiger partial charge in [-0.25, -0.2) is 22.7 Å². The summed E-state index contributed by atoms with van der Waals surface area (Å²) >= 11 is 5.64. The van der Waals surface area contributed by atoms with E-state index in [9.17, 15) is 22.4 Å². The van der Waals surface area contributed by atoms with Crippen LogP contribution in [0.1, 0.15) is 17.3 Å². The number of nitrogens with two attached hydrogens (primary N) is 1. The van der Waals surface area contributed by atoms with Crippen LogP contribution in [0.2, 0.25) is 5.02 Å². The van der Waals surface area contributed by atoms with E-state index in [2.05, 4.69) is 5.32 Å². The molecule has 8 nitrogen and oxygen atoms in total. The summed E-state index contributed by atoms with van der Waals surface area (Å²) in [5.41, 5.74) is -0.305. The second kappa shape index (κ2) is 8.55. The van der Waals surface area contributed by atoms with Crippen LogP contribution >= 0.6 is 11.6 Å². The number of hydrogen-bond acceptors (Lipinski definition) is 6. The molecule has 2 aromatic rings. The third-order valence-electron chi connectivity index (χ3n) is 3.55. The van der Waals surface area contributed by atoms with E-state index in [4.69, 9.17) is 26.2 Å². The van der Waals surface area contributed by atoms with E-state index in [1.54, 1.807) is 0 Å². The number of amides is 1. The number of halogens is 2. The summed E-state index contributed by atoms with van der Waals surface area (Å²) in [6, 6.07) is 7.10. The van der Waals surface area contributed by atoms with Crippen molar-refractivity contribution in [3.8, 4) is 5.75 Å². The average molecular weight is 431 g/mol. The number of ether oxygens (including phenoxy) is 2. The molecule has 0 aliphatic carbocycles. The summed E-state index contributed by atoms with van der Waals surface area (Å²) < 4.78 is 46.9. The first kappa shape index (κ1) is 21.6. The van der Waals surface area contributed by atoms with Gasteiger partial charge in [0, 0.05) is 5.02 Å². The van der Waals surface area contributed by atoms with Crippen LogP contribution in [0.15, 0.2) is 41.3 Å². The van der Waals surface area contributed by atoms with Crippen LogP contribution < -0.4 is 15.2 Å². The molecule has 1 amide bonds. The maximum atomic E-state index is 13.7. The highest BCUT2D eigenvalue weighted by molar-refractivity contribution is 7.89. The minimum Gasteiger partial charge on any atom is -0.495 e. The lowest BCUT2D eigenvalue weighted by Crippen LogP contribution is -2.30. The first-order chi connectivity index (χ1) is 13.0. The molecule has 0 radical (unpaired) electrons. The Morgan fingerprint density at radius 2 is 1.89 bits per heavy atom. The van der Waals surface area contributed by atoms with Gasteiger partial charge in [0.2, 0.25) is 10.0 Å². The Hall–Kier alpha value is -2.69. The molecule has 0 aliphatic rings. The zero-order valence-corrected chi connectivity index (χ0v) is 16.3. The largest absolute Gasteiger partial charge is 0.495 e. The van der Waals surface area contributed by atoms with Crippen molar-refractivity contribution in [2.24, 2.45) is 5.14 Å². The third kappa shape index (κ3) is 5.18. The van der Waals surface area contributed by atoms with Crippen molar-refractivity contribution in [2.45, 2.75) is 17.9 Å². The molecule has 0 aromatic heterocycles. The molecule has 0 heterocycles. The van der Waals surface area contributed by atoms with E-state index in [1.165, 1.54) is 38.3 Å². The summed E-state index contributed by atoms with van der Waals surface area (Å²) in [4.78, 5) is 23.9. The van der Waals surface area contributed by atoms with Crippen molar-refractivity contribution >= 4 is 39.2 Å². The number of anilines is 1. The van der Waals surface area contributed by atoms with Crippen molar-refractivity contribution < 1.29 is 31.9 Å². The number of benzene rings is 2. The maximum absolute atomic E-state index is 13.7. The van der Waals surface area contributed by atoms with Gasteiger partial charge in [-0.05, 0) is 43.3 Å². The van der Waals surface area contributed by atoms with Gasteiger partial charge in [-0.3, -0.25) is 4.79 Å². The predicted molar refractivity (Wildman–Crippen MR) is 99.3 cm³/mol. The number of esters is 1. The molecule has 0 aliphatic heterocycles. The van der Waals surface area contributed by atoms with E-state index < -0.39 is 38.7 Å². The molecule has 0 saturated carbocycles. The molecule has 2 aromatic carbocycles. The molecule has 150 valence electrons.